The topological polar surface area (TPSA) is 51.0 Å². The second-order valence-corrected chi connectivity index (χ2v) is 5.93. The monoisotopic (exact) mass is 345 g/mol. The Kier molecular flexibility index (Phi) is 5.42. The minimum absolute atomic E-state index is 0. The highest BCUT2D eigenvalue weighted by Gasteiger charge is 2.46. The van der Waals surface area contributed by atoms with Crippen LogP contribution in [0.15, 0.2) is 22.7 Å². The maximum absolute atomic E-state index is 13.9. The molecule has 1 aromatic heterocycles. The molecule has 1 aliphatic carbocycles. The first-order valence-corrected chi connectivity index (χ1v) is 7.41. The van der Waals surface area contributed by atoms with E-state index in [1.807, 2.05) is 7.05 Å². The fourth-order valence-corrected chi connectivity index (χ4v) is 2.83. The molecule has 0 aliphatic heterocycles. The zero-order chi connectivity index (χ0) is 15.0. The van der Waals surface area contributed by atoms with Gasteiger partial charge in [0.05, 0.1) is 0 Å². The van der Waals surface area contributed by atoms with E-state index in [0.717, 1.165) is 6.42 Å². The summed E-state index contributed by atoms with van der Waals surface area (Å²) in [7, 11) is 1.89. The number of hydrogen-bond donors (Lipinski definition) is 1. The van der Waals surface area contributed by atoms with Crippen molar-refractivity contribution in [3.8, 4) is 0 Å². The standard InChI is InChI=1S/C15H17ClFN3O.ClH/c1-8(18-2)6-13-19-15(21-20-13)10-7-9(10)14-11(16)4-3-5-12(14)17;/h3-5,8-10,18H,6-7H2,1-2H3;1H. The Morgan fingerprint density at radius 1 is 1.45 bits per heavy atom. The lowest BCUT2D eigenvalue weighted by molar-refractivity contribution is 0.370. The highest BCUT2D eigenvalue weighted by atomic mass is 35.5. The molecule has 1 aliphatic rings. The summed E-state index contributed by atoms with van der Waals surface area (Å²) in [4.78, 5) is 4.41. The van der Waals surface area contributed by atoms with Gasteiger partial charge in [-0.15, -0.1) is 12.4 Å². The molecule has 2 aromatic rings. The van der Waals surface area contributed by atoms with E-state index in [-0.39, 0.29) is 36.1 Å². The fraction of sp³-hybridized carbons (Fsp3) is 0.467. The van der Waals surface area contributed by atoms with Crippen LogP contribution in [0.4, 0.5) is 4.39 Å². The molecule has 1 N–H and O–H groups in total. The van der Waals surface area contributed by atoms with Gasteiger partial charge < -0.3 is 9.84 Å². The first kappa shape index (κ1) is 17.2. The molecule has 1 fully saturated rings. The summed E-state index contributed by atoms with van der Waals surface area (Å²) in [5, 5.41) is 7.58. The summed E-state index contributed by atoms with van der Waals surface area (Å²) < 4.78 is 19.2. The number of nitrogens with zero attached hydrogens (tertiary/aromatic N) is 2. The van der Waals surface area contributed by atoms with Crippen LogP contribution in [-0.4, -0.2) is 23.2 Å². The van der Waals surface area contributed by atoms with Gasteiger partial charge in [-0.3, -0.25) is 0 Å². The summed E-state index contributed by atoms with van der Waals surface area (Å²) in [5.41, 5.74) is 0.563. The van der Waals surface area contributed by atoms with E-state index in [0.29, 0.717) is 28.7 Å². The van der Waals surface area contributed by atoms with Gasteiger partial charge in [0.15, 0.2) is 5.82 Å². The van der Waals surface area contributed by atoms with E-state index in [1.54, 1.807) is 12.1 Å². The van der Waals surface area contributed by atoms with Crippen molar-refractivity contribution in [2.45, 2.75) is 37.6 Å². The summed E-state index contributed by atoms with van der Waals surface area (Å²) >= 11 is 6.10. The SMILES string of the molecule is CNC(C)Cc1noc(C2CC2c2c(F)cccc2Cl)n1.Cl. The molecule has 1 saturated carbocycles. The van der Waals surface area contributed by atoms with Gasteiger partial charge in [0.2, 0.25) is 5.89 Å². The minimum Gasteiger partial charge on any atom is -0.339 e. The van der Waals surface area contributed by atoms with Gasteiger partial charge in [0.25, 0.3) is 0 Å². The Morgan fingerprint density at radius 3 is 2.91 bits per heavy atom. The van der Waals surface area contributed by atoms with Gasteiger partial charge in [0.1, 0.15) is 5.82 Å². The molecular formula is C15H18Cl2FN3O. The predicted molar refractivity (Wildman–Crippen MR) is 85.3 cm³/mol. The first-order valence-electron chi connectivity index (χ1n) is 7.03. The minimum atomic E-state index is -0.265. The summed E-state index contributed by atoms with van der Waals surface area (Å²) in [6, 6.07) is 5.04. The average molecular weight is 346 g/mol. The van der Waals surface area contributed by atoms with E-state index >= 15 is 0 Å². The lowest BCUT2D eigenvalue weighted by Gasteiger charge is -2.04. The van der Waals surface area contributed by atoms with Crippen LogP contribution in [-0.2, 0) is 6.42 Å². The zero-order valence-electron chi connectivity index (χ0n) is 12.3. The number of likely N-dealkylation sites (N-methyl/N-ethyl adjacent to an activating group) is 1. The van der Waals surface area contributed by atoms with Gasteiger partial charge in [-0.05, 0) is 32.5 Å². The van der Waals surface area contributed by atoms with Crippen molar-refractivity contribution in [3.63, 3.8) is 0 Å². The quantitative estimate of drug-likeness (QED) is 0.897. The smallest absolute Gasteiger partial charge is 0.230 e. The molecule has 120 valence electrons. The van der Waals surface area contributed by atoms with Crippen molar-refractivity contribution in [2.24, 2.45) is 0 Å². The molecule has 3 rings (SSSR count). The van der Waals surface area contributed by atoms with Crippen LogP contribution in [0.2, 0.25) is 5.02 Å². The Hall–Kier alpha value is -1.17. The molecule has 0 spiro atoms. The first-order chi connectivity index (χ1) is 10.1. The molecular weight excluding hydrogens is 328 g/mol. The van der Waals surface area contributed by atoms with Gasteiger partial charge in [-0.25, -0.2) is 4.39 Å². The molecule has 0 saturated heterocycles. The number of benzene rings is 1. The average Bonchev–Trinajstić information content (AvgIpc) is 3.09. The molecule has 1 heterocycles. The molecule has 3 atom stereocenters. The molecule has 3 unspecified atom stereocenters. The molecule has 0 bridgehead atoms. The van der Waals surface area contributed by atoms with Crippen molar-refractivity contribution < 1.29 is 8.91 Å². The number of hydrogen-bond acceptors (Lipinski definition) is 4. The van der Waals surface area contributed by atoms with Gasteiger partial charge in [-0.1, -0.05) is 22.8 Å². The third-order valence-corrected chi connectivity index (χ3v) is 4.27. The van der Waals surface area contributed by atoms with E-state index in [9.17, 15) is 4.39 Å². The van der Waals surface area contributed by atoms with Crippen molar-refractivity contribution >= 4 is 24.0 Å². The third-order valence-electron chi connectivity index (χ3n) is 3.94. The summed E-state index contributed by atoms with van der Waals surface area (Å²) in [6.45, 7) is 2.05. The lowest BCUT2D eigenvalue weighted by atomic mass is 10.1. The number of nitrogens with one attached hydrogen (secondary N) is 1. The predicted octanol–water partition coefficient (Wildman–Crippen LogP) is 3.71. The molecule has 4 nitrogen and oxygen atoms in total. The van der Waals surface area contributed by atoms with Gasteiger partial charge in [0, 0.05) is 34.9 Å². The van der Waals surface area contributed by atoms with Gasteiger partial charge in [-0.2, -0.15) is 4.98 Å². The summed E-state index contributed by atoms with van der Waals surface area (Å²) in [5.74, 6) is 1.10. The van der Waals surface area contributed by atoms with Crippen LogP contribution in [0.3, 0.4) is 0 Å². The van der Waals surface area contributed by atoms with Crippen molar-refractivity contribution in [1.82, 2.24) is 15.5 Å². The Labute approximate surface area is 139 Å². The van der Waals surface area contributed by atoms with E-state index in [1.165, 1.54) is 6.07 Å². The second-order valence-electron chi connectivity index (χ2n) is 5.53. The Morgan fingerprint density at radius 2 is 2.23 bits per heavy atom. The number of rotatable bonds is 5. The Balaban J connectivity index is 0.00000176. The molecule has 22 heavy (non-hydrogen) atoms. The van der Waals surface area contributed by atoms with Crippen LogP contribution in [0, 0.1) is 5.82 Å². The lowest BCUT2D eigenvalue weighted by Crippen LogP contribution is -2.24. The van der Waals surface area contributed by atoms with Crippen LogP contribution in [0.5, 0.6) is 0 Å². The molecule has 1 aromatic carbocycles. The van der Waals surface area contributed by atoms with Crippen molar-refractivity contribution in [1.29, 1.82) is 0 Å². The van der Waals surface area contributed by atoms with Crippen molar-refractivity contribution in [3.05, 3.63) is 46.3 Å². The number of halogens is 3. The van der Waals surface area contributed by atoms with E-state index < -0.39 is 0 Å². The van der Waals surface area contributed by atoms with E-state index in [2.05, 4.69) is 22.4 Å². The second kappa shape index (κ2) is 6.94. The molecule has 0 radical (unpaired) electrons. The van der Waals surface area contributed by atoms with Crippen LogP contribution in [0.1, 0.15) is 42.5 Å². The largest absolute Gasteiger partial charge is 0.339 e. The van der Waals surface area contributed by atoms with Crippen LogP contribution in [0.25, 0.3) is 0 Å². The van der Waals surface area contributed by atoms with Crippen LogP contribution >= 0.6 is 24.0 Å². The maximum atomic E-state index is 13.9. The third kappa shape index (κ3) is 3.42. The van der Waals surface area contributed by atoms with Gasteiger partial charge >= 0.3 is 0 Å². The normalized spacial score (nSPS) is 21.3. The highest BCUT2D eigenvalue weighted by molar-refractivity contribution is 6.31. The van der Waals surface area contributed by atoms with Crippen LogP contribution < -0.4 is 5.32 Å². The van der Waals surface area contributed by atoms with Crippen molar-refractivity contribution in [2.75, 3.05) is 7.05 Å². The molecule has 7 heteroatoms. The zero-order valence-corrected chi connectivity index (χ0v) is 13.9. The number of aromatic nitrogens is 2. The van der Waals surface area contributed by atoms with E-state index in [4.69, 9.17) is 16.1 Å². The summed E-state index contributed by atoms with van der Waals surface area (Å²) in [6.07, 6.45) is 1.50. The Bertz CT molecular complexity index is 629. The maximum Gasteiger partial charge on any atom is 0.230 e. The molecule has 0 amide bonds. The fourth-order valence-electron chi connectivity index (χ4n) is 2.53. The highest BCUT2D eigenvalue weighted by Crippen LogP contribution is 2.56.